The van der Waals surface area contributed by atoms with E-state index in [-0.39, 0.29) is 11.8 Å². The number of carbonyl (C=O) groups excluding carboxylic acids is 2. The number of aryl methyl sites for hydroxylation is 1. The van der Waals surface area contributed by atoms with Crippen LogP contribution in [0.3, 0.4) is 0 Å². The predicted molar refractivity (Wildman–Crippen MR) is 131 cm³/mol. The van der Waals surface area contributed by atoms with Gasteiger partial charge in [0.05, 0.1) is 11.4 Å². The van der Waals surface area contributed by atoms with E-state index in [9.17, 15) is 9.59 Å². The summed E-state index contributed by atoms with van der Waals surface area (Å²) in [6, 6.07) is 28.5. The Kier molecular flexibility index (Phi) is 6.36. The Hall–Kier alpha value is -4.58. The number of nitrogens with one attached hydrogen (secondary N) is 2. The predicted octanol–water partition coefficient (Wildman–Crippen LogP) is 5.87. The molecule has 4 N–H and O–H groups in total. The van der Waals surface area contributed by atoms with Gasteiger partial charge in [0, 0.05) is 16.8 Å². The molecule has 4 aromatic carbocycles. The quantitative estimate of drug-likeness (QED) is 0.329. The molecule has 0 saturated heterocycles. The summed E-state index contributed by atoms with van der Waals surface area (Å²) in [5.41, 5.74) is 9.31. The maximum absolute atomic E-state index is 12.8. The molecule has 33 heavy (non-hydrogen) atoms. The van der Waals surface area contributed by atoms with Crippen LogP contribution >= 0.6 is 0 Å². The monoisotopic (exact) mass is 437 g/mol. The first-order valence-corrected chi connectivity index (χ1v) is 10.4. The molecular formula is C27H23N3O3. The van der Waals surface area contributed by atoms with E-state index in [1.165, 1.54) is 0 Å². The number of nitrogen functional groups attached to an aromatic ring is 1. The van der Waals surface area contributed by atoms with E-state index in [4.69, 9.17) is 10.5 Å². The number of carbonyl (C=O) groups is 2. The van der Waals surface area contributed by atoms with Crippen molar-refractivity contribution in [1.29, 1.82) is 0 Å². The molecule has 0 radical (unpaired) electrons. The van der Waals surface area contributed by atoms with Crippen molar-refractivity contribution in [2.24, 2.45) is 0 Å². The third kappa shape index (κ3) is 5.57. The topological polar surface area (TPSA) is 93.5 Å². The minimum Gasteiger partial charge on any atom is -0.457 e. The van der Waals surface area contributed by atoms with Gasteiger partial charge in [-0.1, -0.05) is 35.9 Å². The molecule has 164 valence electrons. The Balaban J connectivity index is 1.43. The molecule has 0 unspecified atom stereocenters. The Labute approximate surface area is 192 Å². The summed E-state index contributed by atoms with van der Waals surface area (Å²) in [6.07, 6.45) is 0. The first kappa shape index (κ1) is 21.6. The molecule has 2 amide bonds. The molecule has 0 aliphatic carbocycles. The number of benzene rings is 4. The van der Waals surface area contributed by atoms with Crippen LogP contribution in [0.2, 0.25) is 0 Å². The largest absolute Gasteiger partial charge is 0.457 e. The van der Waals surface area contributed by atoms with Crippen LogP contribution in [-0.4, -0.2) is 11.8 Å². The highest BCUT2D eigenvalue weighted by Gasteiger charge is 2.12. The zero-order valence-electron chi connectivity index (χ0n) is 18.0. The van der Waals surface area contributed by atoms with Gasteiger partial charge in [0.15, 0.2) is 0 Å². The Morgan fingerprint density at radius 1 is 0.697 bits per heavy atom. The number of amides is 2. The van der Waals surface area contributed by atoms with Gasteiger partial charge in [-0.05, 0) is 73.7 Å². The van der Waals surface area contributed by atoms with Crippen LogP contribution in [0, 0.1) is 6.92 Å². The molecule has 0 fully saturated rings. The molecule has 0 aliphatic heterocycles. The number of hydrogen-bond acceptors (Lipinski definition) is 4. The van der Waals surface area contributed by atoms with Crippen molar-refractivity contribution in [3.05, 3.63) is 114 Å². The lowest BCUT2D eigenvalue weighted by molar-refractivity contribution is 0.101. The number of ether oxygens (including phenoxy) is 1. The van der Waals surface area contributed by atoms with Gasteiger partial charge in [-0.25, -0.2) is 0 Å². The fourth-order valence-corrected chi connectivity index (χ4v) is 3.14. The minimum absolute atomic E-state index is 0.298. The molecule has 0 aromatic heterocycles. The summed E-state index contributed by atoms with van der Waals surface area (Å²) < 4.78 is 5.76. The molecule has 0 bridgehead atoms. The van der Waals surface area contributed by atoms with Crippen LogP contribution in [0.4, 0.5) is 17.1 Å². The van der Waals surface area contributed by atoms with Crippen LogP contribution in [0.1, 0.15) is 26.3 Å². The van der Waals surface area contributed by atoms with Crippen LogP contribution in [0.25, 0.3) is 0 Å². The lowest BCUT2D eigenvalue weighted by atomic mass is 10.1. The van der Waals surface area contributed by atoms with Gasteiger partial charge >= 0.3 is 0 Å². The van der Waals surface area contributed by atoms with E-state index >= 15 is 0 Å². The van der Waals surface area contributed by atoms with Crippen LogP contribution < -0.4 is 21.1 Å². The summed E-state index contributed by atoms with van der Waals surface area (Å²) in [7, 11) is 0. The molecule has 0 atom stereocenters. The standard InChI is InChI=1S/C27H23N3O3/c1-18-7-9-19(10-8-18)26(31)30-25-17-20(11-16-24(25)28)27(32)29-21-12-14-23(15-13-21)33-22-5-3-2-4-6-22/h2-17H,28H2,1H3,(H,29,32)(H,30,31). The molecule has 6 heteroatoms. The average Bonchev–Trinajstić information content (AvgIpc) is 2.83. The smallest absolute Gasteiger partial charge is 0.255 e. The van der Waals surface area contributed by atoms with Crippen LogP contribution in [-0.2, 0) is 0 Å². The van der Waals surface area contributed by atoms with Crippen molar-refractivity contribution < 1.29 is 14.3 Å². The van der Waals surface area contributed by atoms with E-state index in [2.05, 4.69) is 10.6 Å². The molecule has 4 rings (SSSR count). The number of anilines is 3. The molecule has 0 aliphatic rings. The number of rotatable bonds is 6. The Morgan fingerprint density at radius 3 is 2.00 bits per heavy atom. The van der Waals surface area contributed by atoms with Gasteiger partial charge in [0.1, 0.15) is 11.5 Å². The van der Waals surface area contributed by atoms with Gasteiger partial charge in [-0.2, -0.15) is 0 Å². The summed E-state index contributed by atoms with van der Waals surface area (Å²) in [4.78, 5) is 25.3. The summed E-state index contributed by atoms with van der Waals surface area (Å²) in [5.74, 6) is 0.773. The first-order chi connectivity index (χ1) is 16.0. The third-order valence-electron chi connectivity index (χ3n) is 4.97. The maximum Gasteiger partial charge on any atom is 0.255 e. The first-order valence-electron chi connectivity index (χ1n) is 10.4. The van der Waals surface area contributed by atoms with Gasteiger partial charge in [-0.15, -0.1) is 0 Å². The van der Waals surface area contributed by atoms with Gasteiger partial charge < -0.3 is 21.1 Å². The normalized spacial score (nSPS) is 10.3. The molecule has 4 aromatic rings. The fourth-order valence-electron chi connectivity index (χ4n) is 3.14. The Morgan fingerprint density at radius 2 is 1.30 bits per heavy atom. The molecule has 0 spiro atoms. The van der Waals surface area contributed by atoms with Crippen molar-refractivity contribution in [3.63, 3.8) is 0 Å². The molecule has 6 nitrogen and oxygen atoms in total. The highest BCUT2D eigenvalue weighted by molar-refractivity contribution is 6.08. The second kappa shape index (κ2) is 9.70. The lowest BCUT2D eigenvalue weighted by Gasteiger charge is -2.12. The zero-order valence-corrected chi connectivity index (χ0v) is 18.0. The van der Waals surface area contributed by atoms with Crippen molar-refractivity contribution in [1.82, 2.24) is 0 Å². The van der Waals surface area contributed by atoms with Gasteiger partial charge in [0.2, 0.25) is 0 Å². The van der Waals surface area contributed by atoms with Crippen molar-refractivity contribution in [3.8, 4) is 11.5 Å². The van der Waals surface area contributed by atoms with E-state index in [1.807, 2.05) is 49.4 Å². The highest BCUT2D eigenvalue weighted by Crippen LogP contribution is 2.24. The van der Waals surface area contributed by atoms with E-state index in [0.29, 0.717) is 33.9 Å². The van der Waals surface area contributed by atoms with Crippen LogP contribution in [0.5, 0.6) is 11.5 Å². The third-order valence-corrected chi connectivity index (χ3v) is 4.97. The van der Waals surface area contributed by atoms with E-state index < -0.39 is 0 Å². The Bertz CT molecular complexity index is 1270. The fraction of sp³-hybridized carbons (Fsp3) is 0.0370. The number of hydrogen-bond donors (Lipinski definition) is 3. The average molecular weight is 437 g/mol. The maximum atomic E-state index is 12.8. The highest BCUT2D eigenvalue weighted by atomic mass is 16.5. The van der Waals surface area contributed by atoms with Gasteiger partial charge in [0.25, 0.3) is 11.8 Å². The van der Waals surface area contributed by atoms with Crippen molar-refractivity contribution in [2.75, 3.05) is 16.4 Å². The second-order valence-corrected chi connectivity index (χ2v) is 7.52. The van der Waals surface area contributed by atoms with Gasteiger partial charge in [-0.3, -0.25) is 9.59 Å². The van der Waals surface area contributed by atoms with E-state index in [1.54, 1.807) is 54.6 Å². The molecule has 0 heterocycles. The van der Waals surface area contributed by atoms with Crippen LogP contribution in [0.15, 0.2) is 97.1 Å². The van der Waals surface area contributed by atoms with Crippen molar-refractivity contribution >= 4 is 28.9 Å². The summed E-state index contributed by atoms with van der Waals surface area (Å²) >= 11 is 0. The zero-order chi connectivity index (χ0) is 23.2. The molecular weight excluding hydrogens is 414 g/mol. The second-order valence-electron chi connectivity index (χ2n) is 7.52. The number of para-hydroxylation sites is 1. The SMILES string of the molecule is Cc1ccc(C(=O)Nc2cc(C(=O)Nc3ccc(Oc4ccccc4)cc3)ccc2N)cc1. The summed E-state index contributed by atoms with van der Waals surface area (Å²) in [6.45, 7) is 1.95. The van der Waals surface area contributed by atoms with E-state index in [0.717, 1.165) is 11.3 Å². The minimum atomic E-state index is -0.322. The molecule has 0 saturated carbocycles. The number of nitrogens with two attached hydrogens (primary N) is 1. The lowest BCUT2D eigenvalue weighted by Crippen LogP contribution is -2.16. The van der Waals surface area contributed by atoms with Crippen molar-refractivity contribution in [2.45, 2.75) is 6.92 Å². The summed E-state index contributed by atoms with van der Waals surface area (Å²) in [5, 5.41) is 5.61.